The van der Waals surface area contributed by atoms with E-state index in [0.717, 1.165) is 10.2 Å². The number of piperazine rings is 1. The van der Waals surface area contributed by atoms with Crippen LogP contribution in [0.1, 0.15) is 27.2 Å². The van der Waals surface area contributed by atoms with Crippen LogP contribution in [0.25, 0.3) is 0 Å². The Morgan fingerprint density at radius 3 is 2.48 bits per heavy atom. The number of rotatable bonds is 3. The van der Waals surface area contributed by atoms with Crippen LogP contribution in [0.3, 0.4) is 0 Å². The first-order valence-electron chi connectivity index (χ1n) is 7.26. The first kappa shape index (κ1) is 16.0. The number of carbonyl (C=O) groups is 2. The van der Waals surface area contributed by atoms with Crippen LogP contribution in [0.4, 0.5) is 5.69 Å². The maximum Gasteiger partial charge on any atom is 0.249 e. The molecule has 0 radical (unpaired) electrons. The van der Waals surface area contributed by atoms with E-state index >= 15 is 0 Å². The van der Waals surface area contributed by atoms with Crippen molar-refractivity contribution >= 4 is 33.4 Å². The molecule has 1 aromatic rings. The van der Waals surface area contributed by atoms with E-state index < -0.39 is 6.04 Å². The summed E-state index contributed by atoms with van der Waals surface area (Å²) < 4.78 is 0.984. The van der Waals surface area contributed by atoms with Crippen molar-refractivity contribution in [3.05, 3.63) is 28.7 Å². The topological polar surface area (TPSA) is 40.6 Å². The normalized spacial score (nSPS) is 19.3. The molecule has 0 aliphatic carbocycles. The van der Waals surface area contributed by atoms with E-state index in [0.29, 0.717) is 25.4 Å². The molecule has 0 N–H and O–H groups in total. The molecule has 1 aliphatic rings. The minimum atomic E-state index is -0.395. The fourth-order valence-corrected chi connectivity index (χ4v) is 2.82. The summed E-state index contributed by atoms with van der Waals surface area (Å²) in [6, 6.07) is 7.28. The summed E-state index contributed by atoms with van der Waals surface area (Å²) in [6.07, 6.45) is 0.496. The van der Waals surface area contributed by atoms with Gasteiger partial charge in [0.05, 0.1) is 0 Å². The number of nitrogens with zero attached hydrogens (tertiary/aromatic N) is 2. The molecule has 0 saturated carbocycles. The standard InChI is InChI=1S/C16H21BrN2O2/c1-11(2)10-15(20)18-8-9-19(16(21)12(18)3)14-6-4-13(17)5-7-14/h4-7,11-12H,8-10H2,1-3H3/t12-/m1/s1. The van der Waals surface area contributed by atoms with Crippen LogP contribution in [0.2, 0.25) is 0 Å². The average molecular weight is 353 g/mol. The fourth-order valence-electron chi connectivity index (χ4n) is 2.55. The fraction of sp³-hybridized carbons (Fsp3) is 0.500. The van der Waals surface area contributed by atoms with Crippen molar-refractivity contribution in [1.82, 2.24) is 4.90 Å². The average Bonchev–Trinajstić information content (AvgIpc) is 2.42. The van der Waals surface area contributed by atoms with Crippen molar-refractivity contribution in [2.24, 2.45) is 5.92 Å². The van der Waals surface area contributed by atoms with Gasteiger partial charge in [-0.15, -0.1) is 0 Å². The second-order valence-corrected chi connectivity index (χ2v) is 6.74. The molecule has 21 heavy (non-hydrogen) atoms. The SMILES string of the molecule is CC(C)CC(=O)N1CCN(c2ccc(Br)cc2)C(=O)[C@H]1C. The maximum atomic E-state index is 12.5. The van der Waals surface area contributed by atoms with Crippen molar-refractivity contribution in [3.8, 4) is 0 Å². The van der Waals surface area contributed by atoms with Gasteiger partial charge < -0.3 is 9.80 Å². The monoisotopic (exact) mass is 352 g/mol. The molecule has 0 aromatic heterocycles. The van der Waals surface area contributed by atoms with E-state index in [1.807, 2.05) is 45.0 Å². The quantitative estimate of drug-likeness (QED) is 0.838. The molecule has 2 rings (SSSR count). The number of benzene rings is 1. The molecule has 5 heteroatoms. The van der Waals surface area contributed by atoms with Crippen LogP contribution < -0.4 is 4.90 Å². The van der Waals surface area contributed by atoms with Crippen molar-refractivity contribution in [3.63, 3.8) is 0 Å². The second kappa shape index (κ2) is 6.60. The molecule has 1 fully saturated rings. The van der Waals surface area contributed by atoms with Gasteiger partial charge in [0.15, 0.2) is 0 Å². The zero-order valence-corrected chi connectivity index (χ0v) is 14.3. The van der Waals surface area contributed by atoms with Crippen LogP contribution >= 0.6 is 15.9 Å². The van der Waals surface area contributed by atoms with Gasteiger partial charge in [-0.05, 0) is 37.1 Å². The molecule has 0 bridgehead atoms. The Morgan fingerprint density at radius 2 is 1.90 bits per heavy atom. The van der Waals surface area contributed by atoms with Gasteiger partial charge >= 0.3 is 0 Å². The van der Waals surface area contributed by atoms with E-state index in [4.69, 9.17) is 0 Å². The number of anilines is 1. The lowest BCUT2D eigenvalue weighted by molar-refractivity contribution is -0.141. The number of hydrogen-bond acceptors (Lipinski definition) is 2. The van der Waals surface area contributed by atoms with Crippen LogP contribution in [0, 0.1) is 5.92 Å². The molecule has 0 unspecified atom stereocenters. The van der Waals surface area contributed by atoms with Crippen LogP contribution in [0.5, 0.6) is 0 Å². The summed E-state index contributed by atoms with van der Waals surface area (Å²) in [6.45, 7) is 6.99. The highest BCUT2D eigenvalue weighted by Crippen LogP contribution is 2.23. The number of halogens is 1. The number of hydrogen-bond donors (Lipinski definition) is 0. The molecule has 1 saturated heterocycles. The Hall–Kier alpha value is -1.36. The highest BCUT2D eigenvalue weighted by molar-refractivity contribution is 9.10. The van der Waals surface area contributed by atoms with E-state index in [1.54, 1.807) is 9.80 Å². The molecule has 1 atom stereocenters. The van der Waals surface area contributed by atoms with Gasteiger partial charge in [0.25, 0.3) is 0 Å². The van der Waals surface area contributed by atoms with Crippen molar-refractivity contribution in [2.75, 3.05) is 18.0 Å². The first-order valence-corrected chi connectivity index (χ1v) is 8.06. The van der Waals surface area contributed by atoms with E-state index in [9.17, 15) is 9.59 Å². The first-order chi connectivity index (χ1) is 9.90. The molecular formula is C16H21BrN2O2. The highest BCUT2D eigenvalue weighted by Gasteiger charge is 2.34. The van der Waals surface area contributed by atoms with E-state index in [-0.39, 0.29) is 11.8 Å². The van der Waals surface area contributed by atoms with Gasteiger partial charge in [-0.1, -0.05) is 29.8 Å². The molecule has 4 nitrogen and oxygen atoms in total. The van der Waals surface area contributed by atoms with Gasteiger partial charge in [-0.25, -0.2) is 0 Å². The zero-order chi connectivity index (χ0) is 15.6. The Labute approximate surface area is 134 Å². The van der Waals surface area contributed by atoms with Crippen LogP contribution in [0.15, 0.2) is 28.7 Å². The van der Waals surface area contributed by atoms with Crippen LogP contribution in [-0.4, -0.2) is 35.8 Å². The molecule has 2 amide bonds. The predicted octanol–water partition coefficient (Wildman–Crippen LogP) is 3.06. The molecule has 1 aliphatic heterocycles. The minimum absolute atomic E-state index is 0.0133. The van der Waals surface area contributed by atoms with Gasteiger partial charge in [-0.2, -0.15) is 0 Å². The largest absolute Gasteiger partial charge is 0.329 e. The second-order valence-electron chi connectivity index (χ2n) is 5.83. The molecule has 1 heterocycles. The minimum Gasteiger partial charge on any atom is -0.329 e. The van der Waals surface area contributed by atoms with Gasteiger partial charge in [-0.3, -0.25) is 9.59 Å². The third kappa shape index (κ3) is 3.64. The molecule has 0 spiro atoms. The molecular weight excluding hydrogens is 332 g/mol. The Balaban J connectivity index is 2.10. The Bertz CT molecular complexity index is 528. The third-order valence-electron chi connectivity index (χ3n) is 3.70. The number of carbonyl (C=O) groups excluding carboxylic acids is 2. The smallest absolute Gasteiger partial charge is 0.249 e. The van der Waals surface area contributed by atoms with Gasteiger partial charge in [0.1, 0.15) is 6.04 Å². The van der Waals surface area contributed by atoms with Crippen molar-refractivity contribution in [2.45, 2.75) is 33.2 Å². The lowest BCUT2D eigenvalue weighted by Gasteiger charge is -2.39. The number of amides is 2. The lowest BCUT2D eigenvalue weighted by Crippen LogP contribution is -2.57. The summed E-state index contributed by atoms with van der Waals surface area (Å²) in [7, 11) is 0. The summed E-state index contributed by atoms with van der Waals surface area (Å²) in [5.74, 6) is 0.367. The maximum absolute atomic E-state index is 12.5. The molecule has 114 valence electrons. The van der Waals surface area contributed by atoms with Crippen molar-refractivity contribution < 1.29 is 9.59 Å². The Morgan fingerprint density at radius 1 is 1.29 bits per heavy atom. The summed E-state index contributed by atoms with van der Waals surface area (Å²) in [5.41, 5.74) is 0.881. The third-order valence-corrected chi connectivity index (χ3v) is 4.23. The van der Waals surface area contributed by atoms with E-state index in [2.05, 4.69) is 15.9 Å². The predicted molar refractivity (Wildman–Crippen MR) is 87.1 cm³/mol. The van der Waals surface area contributed by atoms with Gasteiger partial charge in [0, 0.05) is 29.7 Å². The van der Waals surface area contributed by atoms with Gasteiger partial charge in [0.2, 0.25) is 11.8 Å². The van der Waals surface area contributed by atoms with Crippen molar-refractivity contribution in [1.29, 1.82) is 0 Å². The lowest BCUT2D eigenvalue weighted by atomic mass is 10.1. The van der Waals surface area contributed by atoms with Crippen LogP contribution in [-0.2, 0) is 9.59 Å². The summed E-state index contributed by atoms with van der Waals surface area (Å²) >= 11 is 3.39. The zero-order valence-electron chi connectivity index (χ0n) is 12.7. The molecule has 1 aromatic carbocycles. The van der Waals surface area contributed by atoms with E-state index in [1.165, 1.54) is 0 Å². The summed E-state index contributed by atoms with van der Waals surface area (Å²) in [5, 5.41) is 0. The summed E-state index contributed by atoms with van der Waals surface area (Å²) in [4.78, 5) is 28.2. The highest BCUT2D eigenvalue weighted by atomic mass is 79.9. The Kier molecular flexibility index (Phi) is 5.04.